The monoisotopic (exact) mass is 443 g/mol. The van der Waals surface area contributed by atoms with Crippen molar-refractivity contribution in [2.75, 3.05) is 58.4 Å². The minimum atomic E-state index is 0.612. The Kier molecular flexibility index (Phi) is 9.39. The first-order valence-electron chi connectivity index (χ1n) is 10.9. The average Bonchev–Trinajstić information content (AvgIpc) is 2.81. The molecular weight excluding hydrogens is 410 g/mol. The van der Waals surface area contributed by atoms with Gasteiger partial charge in [-0.15, -0.1) is 0 Å². The highest BCUT2D eigenvalue weighted by molar-refractivity contribution is 7.80. The smallest absolute Gasteiger partial charge is 0.173 e. The van der Waals surface area contributed by atoms with Crippen molar-refractivity contribution in [1.29, 1.82) is 0 Å². The topological polar surface area (TPSA) is 46.2 Å². The minimum Gasteiger partial charge on any atom is -0.497 e. The van der Waals surface area contributed by atoms with E-state index in [4.69, 9.17) is 26.4 Å². The average molecular weight is 444 g/mol. The molecule has 2 aromatic rings. The molecule has 1 aliphatic heterocycles. The molecule has 1 heterocycles. The summed E-state index contributed by atoms with van der Waals surface area (Å²) in [6, 6.07) is 16.1. The van der Waals surface area contributed by atoms with Gasteiger partial charge in [0.25, 0.3) is 0 Å². The fourth-order valence-electron chi connectivity index (χ4n) is 3.56. The van der Waals surface area contributed by atoms with Crippen molar-refractivity contribution in [3.8, 4) is 11.5 Å². The molecule has 0 radical (unpaired) electrons. The van der Waals surface area contributed by atoms with E-state index in [1.165, 1.54) is 5.56 Å². The van der Waals surface area contributed by atoms with E-state index >= 15 is 0 Å². The van der Waals surface area contributed by atoms with E-state index in [1.807, 2.05) is 43.3 Å². The molecule has 0 aromatic heterocycles. The second kappa shape index (κ2) is 12.5. The molecule has 1 fully saturated rings. The Morgan fingerprint density at radius 1 is 1.13 bits per heavy atom. The van der Waals surface area contributed by atoms with Crippen LogP contribution in [0.25, 0.3) is 0 Å². The van der Waals surface area contributed by atoms with E-state index in [0.29, 0.717) is 11.7 Å². The number of anilines is 1. The maximum Gasteiger partial charge on any atom is 0.173 e. The van der Waals surface area contributed by atoms with Crippen LogP contribution in [-0.4, -0.2) is 68.0 Å². The number of hydrogen-bond donors (Lipinski definition) is 1. The Balaban J connectivity index is 1.66. The summed E-state index contributed by atoms with van der Waals surface area (Å²) >= 11 is 5.82. The SMILES string of the molecule is CCOc1ccccc1NC(=S)N(CCCN1CCOCC1)Cc1ccc(OC)cc1. The molecule has 0 saturated carbocycles. The van der Waals surface area contributed by atoms with Gasteiger partial charge in [0.2, 0.25) is 0 Å². The number of benzene rings is 2. The third-order valence-corrected chi connectivity index (χ3v) is 5.61. The molecule has 0 atom stereocenters. The van der Waals surface area contributed by atoms with Crippen molar-refractivity contribution < 1.29 is 14.2 Å². The maximum atomic E-state index is 5.82. The molecule has 7 heteroatoms. The van der Waals surface area contributed by atoms with Crippen LogP contribution in [0.4, 0.5) is 5.69 Å². The highest BCUT2D eigenvalue weighted by Gasteiger charge is 2.15. The molecule has 2 aromatic carbocycles. The fraction of sp³-hybridized carbons (Fsp3) is 0.458. The van der Waals surface area contributed by atoms with Gasteiger partial charge in [-0.1, -0.05) is 24.3 Å². The van der Waals surface area contributed by atoms with Gasteiger partial charge in [-0.3, -0.25) is 4.90 Å². The molecule has 0 amide bonds. The van der Waals surface area contributed by atoms with Crippen molar-refractivity contribution in [3.05, 3.63) is 54.1 Å². The van der Waals surface area contributed by atoms with E-state index < -0.39 is 0 Å². The maximum absolute atomic E-state index is 5.82. The number of para-hydroxylation sites is 2. The molecular formula is C24H33N3O3S. The lowest BCUT2D eigenvalue weighted by molar-refractivity contribution is 0.0368. The minimum absolute atomic E-state index is 0.612. The molecule has 0 bridgehead atoms. The molecule has 0 spiro atoms. The molecule has 0 aliphatic carbocycles. The zero-order valence-electron chi connectivity index (χ0n) is 18.5. The van der Waals surface area contributed by atoms with Crippen LogP contribution in [0.15, 0.2) is 48.5 Å². The molecule has 1 N–H and O–H groups in total. The second-order valence-electron chi connectivity index (χ2n) is 7.44. The van der Waals surface area contributed by atoms with Gasteiger partial charge in [0.15, 0.2) is 5.11 Å². The Morgan fingerprint density at radius 2 is 1.87 bits per heavy atom. The van der Waals surface area contributed by atoms with Crippen LogP contribution in [0, 0.1) is 0 Å². The van der Waals surface area contributed by atoms with Crippen LogP contribution < -0.4 is 14.8 Å². The van der Waals surface area contributed by atoms with Crippen LogP contribution in [0.2, 0.25) is 0 Å². The van der Waals surface area contributed by atoms with Crippen LogP contribution in [0.5, 0.6) is 11.5 Å². The predicted octanol–water partition coefficient (Wildman–Crippen LogP) is 4.02. The van der Waals surface area contributed by atoms with Crippen LogP contribution in [0.3, 0.4) is 0 Å². The highest BCUT2D eigenvalue weighted by Crippen LogP contribution is 2.24. The number of morpholine rings is 1. The number of nitrogens with zero attached hydrogens (tertiary/aromatic N) is 2. The lowest BCUT2D eigenvalue weighted by atomic mass is 10.2. The molecule has 1 aliphatic rings. The van der Waals surface area contributed by atoms with Gasteiger partial charge in [-0.25, -0.2) is 0 Å². The van der Waals surface area contributed by atoms with Crippen molar-refractivity contribution in [2.24, 2.45) is 0 Å². The number of nitrogens with one attached hydrogen (secondary N) is 1. The lowest BCUT2D eigenvalue weighted by Gasteiger charge is -2.30. The number of ether oxygens (including phenoxy) is 3. The molecule has 31 heavy (non-hydrogen) atoms. The normalized spacial score (nSPS) is 14.1. The summed E-state index contributed by atoms with van der Waals surface area (Å²) in [4.78, 5) is 4.68. The van der Waals surface area contributed by atoms with E-state index in [2.05, 4.69) is 27.2 Å². The zero-order valence-corrected chi connectivity index (χ0v) is 19.3. The summed E-state index contributed by atoms with van der Waals surface area (Å²) in [5.74, 6) is 1.67. The van der Waals surface area contributed by atoms with E-state index in [9.17, 15) is 0 Å². The summed E-state index contributed by atoms with van der Waals surface area (Å²) in [6.07, 6.45) is 1.03. The van der Waals surface area contributed by atoms with Gasteiger partial charge in [-0.05, 0) is 55.4 Å². The van der Waals surface area contributed by atoms with Crippen LogP contribution in [-0.2, 0) is 11.3 Å². The van der Waals surface area contributed by atoms with Crippen LogP contribution in [0.1, 0.15) is 18.9 Å². The number of rotatable bonds is 10. The molecule has 3 rings (SSSR count). The Morgan fingerprint density at radius 3 is 2.58 bits per heavy atom. The third kappa shape index (κ3) is 7.38. The molecule has 6 nitrogen and oxygen atoms in total. The van der Waals surface area contributed by atoms with Crippen molar-refractivity contribution in [3.63, 3.8) is 0 Å². The van der Waals surface area contributed by atoms with Crippen molar-refractivity contribution in [1.82, 2.24) is 9.80 Å². The molecule has 168 valence electrons. The van der Waals surface area contributed by atoms with Crippen molar-refractivity contribution in [2.45, 2.75) is 19.9 Å². The fourth-order valence-corrected chi connectivity index (χ4v) is 3.83. The van der Waals surface area contributed by atoms with E-state index in [0.717, 1.165) is 69.5 Å². The van der Waals surface area contributed by atoms with Crippen LogP contribution >= 0.6 is 12.2 Å². The number of thiocarbonyl (C=S) groups is 1. The van der Waals surface area contributed by atoms with Gasteiger partial charge < -0.3 is 24.4 Å². The van der Waals surface area contributed by atoms with Gasteiger partial charge in [0.05, 0.1) is 32.6 Å². The lowest BCUT2D eigenvalue weighted by Crippen LogP contribution is -2.40. The largest absolute Gasteiger partial charge is 0.497 e. The molecule has 0 unspecified atom stereocenters. The number of methoxy groups -OCH3 is 1. The van der Waals surface area contributed by atoms with E-state index in [1.54, 1.807) is 7.11 Å². The van der Waals surface area contributed by atoms with Gasteiger partial charge in [0, 0.05) is 32.7 Å². The summed E-state index contributed by atoms with van der Waals surface area (Å²) in [6.45, 7) is 8.89. The van der Waals surface area contributed by atoms with Gasteiger partial charge >= 0.3 is 0 Å². The van der Waals surface area contributed by atoms with E-state index in [-0.39, 0.29) is 0 Å². The summed E-state index contributed by atoms with van der Waals surface area (Å²) in [7, 11) is 1.68. The van der Waals surface area contributed by atoms with Gasteiger partial charge in [0.1, 0.15) is 11.5 Å². The molecule has 1 saturated heterocycles. The summed E-state index contributed by atoms with van der Waals surface area (Å²) in [5.41, 5.74) is 2.08. The van der Waals surface area contributed by atoms with Gasteiger partial charge in [-0.2, -0.15) is 0 Å². The quantitative estimate of drug-likeness (QED) is 0.557. The first-order chi connectivity index (χ1) is 15.2. The Labute approximate surface area is 191 Å². The predicted molar refractivity (Wildman–Crippen MR) is 129 cm³/mol. The number of hydrogen-bond acceptors (Lipinski definition) is 5. The Hall–Kier alpha value is -2.35. The second-order valence-corrected chi connectivity index (χ2v) is 7.82. The first kappa shape index (κ1) is 23.3. The third-order valence-electron chi connectivity index (χ3n) is 5.25. The highest BCUT2D eigenvalue weighted by atomic mass is 32.1. The summed E-state index contributed by atoms with van der Waals surface area (Å²) < 4.78 is 16.5. The van der Waals surface area contributed by atoms with Crippen molar-refractivity contribution >= 4 is 23.0 Å². The first-order valence-corrected chi connectivity index (χ1v) is 11.3. The summed E-state index contributed by atoms with van der Waals surface area (Å²) in [5, 5.41) is 4.10. The standard InChI is InChI=1S/C24H33N3O3S/c1-3-30-23-8-5-4-7-22(23)25-24(31)27(14-6-13-26-15-17-29-18-16-26)19-20-9-11-21(28-2)12-10-20/h4-5,7-12H,3,6,13-19H2,1-2H3,(H,25,31). The zero-order chi connectivity index (χ0) is 21.9. The Bertz CT molecular complexity index is 810.